The maximum absolute atomic E-state index is 12.6. The molecular weight excluding hydrogens is 290 g/mol. The monoisotopic (exact) mass is 318 g/mol. The van der Waals surface area contributed by atoms with E-state index < -0.39 is 0 Å². The maximum Gasteiger partial charge on any atom is 0.283 e. The summed E-state index contributed by atoms with van der Waals surface area (Å²) in [6.45, 7) is 6.12. The fraction of sp³-hybridized carbons (Fsp3) is 0.556. The second kappa shape index (κ2) is 7.13. The van der Waals surface area contributed by atoms with Crippen molar-refractivity contribution in [1.29, 1.82) is 0 Å². The summed E-state index contributed by atoms with van der Waals surface area (Å²) < 4.78 is 0. The van der Waals surface area contributed by atoms with Crippen LogP contribution < -0.4 is 15.5 Å². The summed E-state index contributed by atoms with van der Waals surface area (Å²) in [5, 5.41) is 6.02. The number of likely N-dealkylation sites (N-methyl/N-ethyl adjacent to an activating group) is 1. The first-order chi connectivity index (χ1) is 10.8. The lowest BCUT2D eigenvalue weighted by Gasteiger charge is -2.26. The summed E-state index contributed by atoms with van der Waals surface area (Å²) in [4.78, 5) is 25.7. The van der Waals surface area contributed by atoms with Crippen LogP contribution in [0.15, 0.2) is 30.3 Å². The number of hydrogen-bond acceptors (Lipinski definition) is 2. The predicted octanol–water partition coefficient (Wildman–Crippen LogP) is 0.436. The van der Waals surface area contributed by atoms with E-state index in [-0.39, 0.29) is 29.9 Å². The molecule has 0 heterocycles. The smallest absolute Gasteiger partial charge is 0.283 e. The number of carbonyl (C=O) groups is 2. The van der Waals surface area contributed by atoms with Crippen LogP contribution in [0.2, 0.25) is 0 Å². The Balaban J connectivity index is 2.09. The van der Waals surface area contributed by atoms with Gasteiger partial charge in [0.15, 0.2) is 12.6 Å². The zero-order valence-corrected chi connectivity index (χ0v) is 14.5. The molecule has 2 rings (SSSR count). The van der Waals surface area contributed by atoms with Gasteiger partial charge in [0.05, 0.1) is 7.05 Å². The highest BCUT2D eigenvalue weighted by atomic mass is 16.2. The molecule has 23 heavy (non-hydrogen) atoms. The van der Waals surface area contributed by atoms with E-state index in [0.717, 1.165) is 23.3 Å². The molecule has 1 aliphatic carbocycles. The third-order valence-electron chi connectivity index (χ3n) is 3.77. The molecule has 2 amide bonds. The van der Waals surface area contributed by atoms with Crippen LogP contribution >= 0.6 is 0 Å². The summed E-state index contributed by atoms with van der Waals surface area (Å²) in [6, 6.07) is 9.61. The Morgan fingerprint density at radius 2 is 1.83 bits per heavy atom. The fourth-order valence-corrected chi connectivity index (χ4v) is 2.64. The van der Waals surface area contributed by atoms with Crippen LogP contribution in [0.3, 0.4) is 0 Å². The van der Waals surface area contributed by atoms with Gasteiger partial charge in [-0.15, -0.1) is 0 Å². The average Bonchev–Trinajstić information content (AvgIpc) is 3.21. The van der Waals surface area contributed by atoms with Crippen LogP contribution in [0.4, 0.5) is 0 Å². The van der Waals surface area contributed by atoms with E-state index in [0.29, 0.717) is 6.04 Å². The minimum absolute atomic E-state index is 0.000223. The van der Waals surface area contributed by atoms with E-state index >= 15 is 0 Å². The van der Waals surface area contributed by atoms with E-state index in [2.05, 4.69) is 10.6 Å². The molecular formula is C18H28N3O2+. The Hall–Kier alpha value is -1.88. The summed E-state index contributed by atoms with van der Waals surface area (Å²) >= 11 is 0. The first-order valence-electron chi connectivity index (χ1n) is 8.25. The van der Waals surface area contributed by atoms with Crippen LogP contribution in [-0.4, -0.2) is 37.0 Å². The van der Waals surface area contributed by atoms with Gasteiger partial charge in [0, 0.05) is 17.1 Å². The van der Waals surface area contributed by atoms with E-state index in [9.17, 15) is 9.59 Å². The van der Waals surface area contributed by atoms with Crippen LogP contribution in [0.5, 0.6) is 0 Å². The molecule has 1 unspecified atom stereocenters. The average molecular weight is 318 g/mol. The van der Waals surface area contributed by atoms with Gasteiger partial charge in [0.25, 0.3) is 11.8 Å². The minimum Gasteiger partial charge on any atom is -0.348 e. The maximum atomic E-state index is 12.6. The first-order valence-corrected chi connectivity index (χ1v) is 8.25. The van der Waals surface area contributed by atoms with Crippen molar-refractivity contribution in [3.8, 4) is 0 Å². The van der Waals surface area contributed by atoms with E-state index in [1.54, 1.807) is 0 Å². The minimum atomic E-state index is -0.373. The lowest BCUT2D eigenvalue weighted by atomic mass is 10.0. The number of quaternary nitrogens is 1. The summed E-state index contributed by atoms with van der Waals surface area (Å²) in [5.41, 5.74) is 0.669. The largest absolute Gasteiger partial charge is 0.348 e. The van der Waals surface area contributed by atoms with Gasteiger partial charge in [0.1, 0.15) is 0 Å². The topological polar surface area (TPSA) is 62.6 Å². The molecule has 1 saturated carbocycles. The Kier molecular flexibility index (Phi) is 5.42. The molecule has 1 aliphatic rings. The highest BCUT2D eigenvalue weighted by molar-refractivity contribution is 5.83. The van der Waals surface area contributed by atoms with Gasteiger partial charge in [-0.3, -0.25) is 9.59 Å². The molecule has 3 N–H and O–H groups in total. The van der Waals surface area contributed by atoms with Crippen LogP contribution in [0.1, 0.15) is 45.2 Å². The molecule has 0 aliphatic heterocycles. The molecule has 5 nitrogen and oxygen atoms in total. The summed E-state index contributed by atoms with van der Waals surface area (Å²) in [6.07, 6.45) is 2.10. The number of nitrogens with one attached hydrogen (secondary N) is 3. The highest BCUT2D eigenvalue weighted by Gasteiger charge is 2.34. The van der Waals surface area contributed by atoms with Crippen molar-refractivity contribution in [2.45, 2.75) is 51.2 Å². The first kappa shape index (κ1) is 17.5. The molecule has 1 fully saturated rings. The predicted molar refractivity (Wildman–Crippen MR) is 90.0 cm³/mol. The third kappa shape index (κ3) is 5.67. The lowest BCUT2D eigenvalue weighted by Crippen LogP contribution is -3.11. The van der Waals surface area contributed by atoms with Crippen molar-refractivity contribution in [3.05, 3.63) is 35.9 Å². The number of carbonyl (C=O) groups excluding carboxylic acids is 2. The Morgan fingerprint density at radius 1 is 1.22 bits per heavy atom. The lowest BCUT2D eigenvalue weighted by molar-refractivity contribution is -0.894. The highest BCUT2D eigenvalue weighted by Crippen LogP contribution is 2.20. The molecule has 0 radical (unpaired) electrons. The number of rotatable bonds is 6. The Morgan fingerprint density at radius 3 is 2.35 bits per heavy atom. The molecule has 1 aromatic rings. The molecule has 0 saturated heterocycles. The van der Waals surface area contributed by atoms with E-state index in [4.69, 9.17) is 0 Å². The number of hydrogen-bond donors (Lipinski definition) is 3. The second-order valence-electron chi connectivity index (χ2n) is 7.45. The van der Waals surface area contributed by atoms with E-state index in [1.807, 2.05) is 58.2 Å². The van der Waals surface area contributed by atoms with Crippen molar-refractivity contribution in [2.75, 3.05) is 13.6 Å². The zero-order valence-electron chi connectivity index (χ0n) is 14.5. The molecule has 0 bridgehead atoms. The van der Waals surface area contributed by atoms with Crippen molar-refractivity contribution < 1.29 is 14.5 Å². The Labute approximate surface area is 138 Å². The van der Waals surface area contributed by atoms with Crippen LogP contribution in [-0.2, 0) is 9.59 Å². The standard InChI is InChI=1S/C18H27N3O2/c1-18(2,3)20-15(22)12-21(4)16(13-8-6-5-7-9-13)17(23)19-14-10-11-14/h5-9,14,16H,10-12H2,1-4H3,(H,19,23)(H,20,22)/p+1/t16-/m1/s1. The fourth-order valence-electron chi connectivity index (χ4n) is 2.64. The summed E-state index contributed by atoms with van der Waals surface area (Å²) in [5.74, 6) is -0.0464. The Bertz CT molecular complexity index is 547. The van der Waals surface area contributed by atoms with Crippen LogP contribution in [0.25, 0.3) is 0 Å². The van der Waals surface area contributed by atoms with Gasteiger partial charge in [-0.1, -0.05) is 30.3 Å². The van der Waals surface area contributed by atoms with Gasteiger partial charge < -0.3 is 15.5 Å². The molecule has 2 atom stereocenters. The molecule has 1 aromatic carbocycles. The SMILES string of the molecule is C[NH+](CC(=O)NC(C)(C)C)[C@@H](C(=O)NC1CC1)c1ccccc1. The quantitative estimate of drug-likeness (QED) is 0.712. The molecule has 0 spiro atoms. The van der Waals surface area contributed by atoms with Gasteiger partial charge in [-0.05, 0) is 33.6 Å². The van der Waals surface area contributed by atoms with Crippen molar-refractivity contribution in [2.24, 2.45) is 0 Å². The number of benzene rings is 1. The van der Waals surface area contributed by atoms with E-state index in [1.165, 1.54) is 0 Å². The van der Waals surface area contributed by atoms with Gasteiger partial charge in [-0.25, -0.2) is 0 Å². The van der Waals surface area contributed by atoms with Crippen molar-refractivity contribution in [1.82, 2.24) is 10.6 Å². The van der Waals surface area contributed by atoms with Crippen molar-refractivity contribution >= 4 is 11.8 Å². The van der Waals surface area contributed by atoms with Crippen LogP contribution in [0, 0.1) is 0 Å². The van der Waals surface area contributed by atoms with Gasteiger partial charge in [-0.2, -0.15) is 0 Å². The van der Waals surface area contributed by atoms with Gasteiger partial charge in [0.2, 0.25) is 0 Å². The molecule has 5 heteroatoms. The number of amides is 2. The summed E-state index contributed by atoms with van der Waals surface area (Å²) in [7, 11) is 1.90. The second-order valence-corrected chi connectivity index (χ2v) is 7.45. The van der Waals surface area contributed by atoms with Crippen molar-refractivity contribution in [3.63, 3.8) is 0 Å². The zero-order chi connectivity index (χ0) is 17.0. The molecule has 0 aromatic heterocycles. The molecule has 126 valence electrons. The van der Waals surface area contributed by atoms with Gasteiger partial charge >= 0.3 is 0 Å². The third-order valence-corrected chi connectivity index (χ3v) is 3.77. The normalized spacial score (nSPS) is 17.2.